The summed E-state index contributed by atoms with van der Waals surface area (Å²) in [7, 11) is -2.35. The standard InChI is InChI=1S/C12H14N4O4S2/c1-3-10(17)13-8-4-6-9(7-5-8)22(18,19)16-11-14-15-12(20-2)21-11/h4-7H,3H2,1-2H3,(H,13,17)(H,14,16). The van der Waals surface area contributed by atoms with Gasteiger partial charge in [-0.1, -0.05) is 12.0 Å². The SMILES string of the molecule is CCC(=O)Nc1ccc(S(=O)(=O)Nc2nnc(OC)s2)cc1. The van der Waals surface area contributed by atoms with Crippen LogP contribution >= 0.6 is 11.3 Å². The number of benzene rings is 1. The van der Waals surface area contributed by atoms with Crippen molar-refractivity contribution in [3.63, 3.8) is 0 Å². The molecular formula is C12H14N4O4S2. The molecule has 2 aromatic rings. The van der Waals surface area contributed by atoms with E-state index in [1.807, 2.05) is 0 Å². The van der Waals surface area contributed by atoms with Crippen LogP contribution in [-0.2, 0) is 14.8 Å². The average molecular weight is 342 g/mol. The van der Waals surface area contributed by atoms with E-state index < -0.39 is 10.0 Å². The fraction of sp³-hybridized carbons (Fsp3) is 0.250. The maximum absolute atomic E-state index is 12.2. The summed E-state index contributed by atoms with van der Waals surface area (Å²) < 4.78 is 31.5. The minimum Gasteiger partial charge on any atom is -0.472 e. The summed E-state index contributed by atoms with van der Waals surface area (Å²) in [4.78, 5) is 11.3. The molecule has 0 fully saturated rings. The Kier molecular flexibility index (Phi) is 4.93. The summed E-state index contributed by atoms with van der Waals surface area (Å²) in [5, 5.41) is 10.3. The molecule has 0 saturated carbocycles. The zero-order chi connectivity index (χ0) is 16.2. The molecule has 0 aliphatic carbocycles. The molecule has 118 valence electrons. The molecule has 0 saturated heterocycles. The molecule has 1 aromatic heterocycles. The Balaban J connectivity index is 2.13. The number of nitrogens with one attached hydrogen (secondary N) is 2. The van der Waals surface area contributed by atoms with Crippen LogP contribution in [0.4, 0.5) is 10.8 Å². The number of nitrogens with zero attached hydrogens (tertiary/aromatic N) is 2. The van der Waals surface area contributed by atoms with Crippen molar-refractivity contribution in [3.8, 4) is 5.19 Å². The Hall–Kier alpha value is -2.20. The quantitative estimate of drug-likeness (QED) is 0.826. The second-order valence-corrected chi connectivity index (χ2v) is 6.73. The van der Waals surface area contributed by atoms with Crippen molar-refractivity contribution in [1.29, 1.82) is 0 Å². The number of sulfonamides is 1. The second-order valence-electron chi connectivity index (χ2n) is 4.11. The maximum atomic E-state index is 12.2. The fourth-order valence-corrected chi connectivity index (χ4v) is 3.26. The van der Waals surface area contributed by atoms with Gasteiger partial charge in [0, 0.05) is 12.1 Å². The maximum Gasteiger partial charge on any atom is 0.295 e. The summed E-state index contributed by atoms with van der Waals surface area (Å²) in [5.74, 6) is -0.144. The second kappa shape index (κ2) is 6.71. The first kappa shape index (κ1) is 16.2. The predicted octanol–water partition coefficient (Wildman–Crippen LogP) is 1.70. The van der Waals surface area contributed by atoms with Crippen molar-refractivity contribution < 1.29 is 17.9 Å². The number of carbonyl (C=O) groups is 1. The van der Waals surface area contributed by atoms with Crippen molar-refractivity contribution >= 4 is 38.1 Å². The Morgan fingerprint density at radius 3 is 2.50 bits per heavy atom. The number of amides is 1. The first-order chi connectivity index (χ1) is 10.4. The number of methoxy groups -OCH3 is 1. The van der Waals surface area contributed by atoms with Gasteiger partial charge in [0.25, 0.3) is 15.2 Å². The van der Waals surface area contributed by atoms with E-state index in [0.717, 1.165) is 11.3 Å². The molecule has 1 heterocycles. The molecule has 2 rings (SSSR count). The van der Waals surface area contributed by atoms with E-state index in [0.29, 0.717) is 12.1 Å². The van der Waals surface area contributed by atoms with Gasteiger partial charge in [-0.25, -0.2) is 8.42 Å². The van der Waals surface area contributed by atoms with Crippen LogP contribution in [0.3, 0.4) is 0 Å². The molecule has 0 radical (unpaired) electrons. The zero-order valence-corrected chi connectivity index (χ0v) is 13.5. The number of aromatic nitrogens is 2. The summed E-state index contributed by atoms with van der Waals surface area (Å²) >= 11 is 0.977. The summed E-state index contributed by atoms with van der Waals surface area (Å²) in [5.41, 5.74) is 0.531. The van der Waals surface area contributed by atoms with Gasteiger partial charge in [-0.05, 0) is 35.6 Å². The van der Waals surface area contributed by atoms with E-state index in [-0.39, 0.29) is 21.1 Å². The number of carbonyl (C=O) groups excluding carboxylic acids is 1. The molecule has 8 nitrogen and oxygen atoms in total. The number of hydrogen-bond acceptors (Lipinski definition) is 7. The number of ether oxygens (including phenoxy) is 1. The van der Waals surface area contributed by atoms with Crippen LogP contribution in [0.2, 0.25) is 0 Å². The van der Waals surface area contributed by atoms with Crippen molar-refractivity contribution in [2.24, 2.45) is 0 Å². The minimum absolute atomic E-state index is 0.0520. The van der Waals surface area contributed by atoms with Gasteiger partial charge < -0.3 is 10.1 Å². The molecule has 1 amide bonds. The van der Waals surface area contributed by atoms with E-state index in [1.54, 1.807) is 6.92 Å². The lowest BCUT2D eigenvalue weighted by Crippen LogP contribution is -2.13. The van der Waals surface area contributed by atoms with Gasteiger partial charge in [0.1, 0.15) is 0 Å². The summed E-state index contributed by atoms with van der Waals surface area (Å²) in [6, 6.07) is 5.82. The van der Waals surface area contributed by atoms with E-state index in [1.165, 1.54) is 31.4 Å². The third kappa shape index (κ3) is 3.92. The Labute approximate surface area is 131 Å². The first-order valence-electron chi connectivity index (χ1n) is 6.25. The molecule has 0 aliphatic rings. The summed E-state index contributed by atoms with van der Waals surface area (Å²) in [6.07, 6.45) is 0.348. The molecule has 0 aliphatic heterocycles. The van der Waals surface area contributed by atoms with Crippen molar-refractivity contribution in [3.05, 3.63) is 24.3 Å². The highest BCUT2D eigenvalue weighted by atomic mass is 32.2. The molecule has 0 spiro atoms. The van der Waals surface area contributed by atoms with Crippen molar-refractivity contribution in [2.75, 3.05) is 17.1 Å². The Morgan fingerprint density at radius 2 is 1.95 bits per heavy atom. The van der Waals surface area contributed by atoms with Gasteiger partial charge in [0.2, 0.25) is 11.0 Å². The van der Waals surface area contributed by atoms with Gasteiger partial charge in [0.15, 0.2) is 0 Å². The Morgan fingerprint density at radius 1 is 1.27 bits per heavy atom. The molecule has 22 heavy (non-hydrogen) atoms. The van der Waals surface area contributed by atoms with E-state index in [9.17, 15) is 13.2 Å². The van der Waals surface area contributed by atoms with E-state index >= 15 is 0 Å². The third-order valence-corrected chi connectivity index (χ3v) is 4.86. The zero-order valence-electron chi connectivity index (χ0n) is 11.9. The molecule has 2 N–H and O–H groups in total. The lowest BCUT2D eigenvalue weighted by molar-refractivity contribution is -0.115. The van der Waals surface area contributed by atoms with Gasteiger partial charge in [-0.2, -0.15) is 0 Å². The monoisotopic (exact) mass is 342 g/mol. The number of rotatable bonds is 6. The molecule has 10 heteroatoms. The van der Waals surface area contributed by atoms with Crippen LogP contribution in [0.5, 0.6) is 5.19 Å². The Bertz CT molecular complexity index is 756. The minimum atomic E-state index is -3.77. The van der Waals surface area contributed by atoms with Gasteiger partial charge in [-0.3, -0.25) is 9.52 Å². The lowest BCUT2D eigenvalue weighted by Gasteiger charge is -2.07. The van der Waals surface area contributed by atoms with Crippen LogP contribution in [-0.4, -0.2) is 31.6 Å². The highest BCUT2D eigenvalue weighted by molar-refractivity contribution is 7.93. The average Bonchev–Trinajstić information content (AvgIpc) is 2.94. The lowest BCUT2D eigenvalue weighted by atomic mass is 10.3. The van der Waals surface area contributed by atoms with Gasteiger partial charge >= 0.3 is 0 Å². The van der Waals surface area contributed by atoms with Crippen molar-refractivity contribution in [1.82, 2.24) is 10.2 Å². The van der Waals surface area contributed by atoms with E-state index in [2.05, 4.69) is 20.2 Å². The molecule has 1 aromatic carbocycles. The molecule has 0 atom stereocenters. The largest absolute Gasteiger partial charge is 0.472 e. The number of anilines is 2. The van der Waals surface area contributed by atoms with Crippen LogP contribution < -0.4 is 14.8 Å². The topological polar surface area (TPSA) is 110 Å². The van der Waals surface area contributed by atoms with E-state index in [4.69, 9.17) is 4.74 Å². The predicted molar refractivity (Wildman–Crippen MR) is 82.6 cm³/mol. The number of hydrogen-bond donors (Lipinski definition) is 2. The van der Waals surface area contributed by atoms with Crippen molar-refractivity contribution in [2.45, 2.75) is 18.2 Å². The highest BCUT2D eigenvalue weighted by Crippen LogP contribution is 2.24. The fourth-order valence-electron chi connectivity index (χ4n) is 1.47. The van der Waals surface area contributed by atoms with Crippen LogP contribution in [0, 0.1) is 0 Å². The smallest absolute Gasteiger partial charge is 0.295 e. The molecule has 0 unspecified atom stereocenters. The van der Waals surface area contributed by atoms with Gasteiger partial charge in [-0.15, -0.1) is 5.10 Å². The van der Waals surface area contributed by atoms with Crippen LogP contribution in [0.15, 0.2) is 29.2 Å². The molecule has 0 bridgehead atoms. The summed E-state index contributed by atoms with van der Waals surface area (Å²) in [6.45, 7) is 1.73. The van der Waals surface area contributed by atoms with Crippen LogP contribution in [0.25, 0.3) is 0 Å². The first-order valence-corrected chi connectivity index (χ1v) is 8.55. The molecular weight excluding hydrogens is 328 g/mol. The normalized spacial score (nSPS) is 11.0. The van der Waals surface area contributed by atoms with Gasteiger partial charge in [0.05, 0.1) is 12.0 Å². The highest BCUT2D eigenvalue weighted by Gasteiger charge is 2.17. The third-order valence-electron chi connectivity index (χ3n) is 2.57. The van der Waals surface area contributed by atoms with Crippen LogP contribution in [0.1, 0.15) is 13.3 Å².